The van der Waals surface area contributed by atoms with Gasteiger partial charge in [0.25, 0.3) is 0 Å². The van der Waals surface area contributed by atoms with Crippen LogP contribution in [-0.4, -0.2) is 72.0 Å². The lowest BCUT2D eigenvalue weighted by Crippen LogP contribution is -2.56. The van der Waals surface area contributed by atoms with Gasteiger partial charge in [-0.1, -0.05) is 78.9 Å². The molecule has 1 aliphatic carbocycles. The van der Waals surface area contributed by atoms with Crippen LogP contribution in [0.4, 0.5) is 4.79 Å². The first-order valence-electron chi connectivity index (χ1n) is 12.4. The summed E-state index contributed by atoms with van der Waals surface area (Å²) in [6, 6.07) is 22.9. The zero-order valence-corrected chi connectivity index (χ0v) is 21.0. The smallest absolute Gasteiger partial charge is 0.407 e. The molecule has 0 spiro atoms. The second-order valence-corrected chi connectivity index (χ2v) is 9.29. The molecule has 38 heavy (non-hydrogen) atoms. The van der Waals surface area contributed by atoms with Gasteiger partial charge in [-0.05, 0) is 34.9 Å². The molecule has 3 aromatic carbocycles. The standard InChI is InChI=1S/C29H31N3O6/c1-32(15-19-9-3-2-4-10-19)16-25(27(34)30-26(17-33)28(35)36)31-29(37)38-18-24-22-13-7-5-11-20(22)21-12-6-8-14-23(21)24/h2-14,24-26,33H,15-18H2,1H3,(H,30,34)(H,31,37)(H,35,36). The fourth-order valence-corrected chi connectivity index (χ4v) is 4.71. The molecule has 3 aromatic rings. The maximum atomic E-state index is 12.9. The summed E-state index contributed by atoms with van der Waals surface area (Å²) in [5.74, 6) is -2.26. The summed E-state index contributed by atoms with van der Waals surface area (Å²) in [5, 5.41) is 23.4. The van der Waals surface area contributed by atoms with E-state index in [4.69, 9.17) is 4.74 Å². The third kappa shape index (κ3) is 6.37. The number of aliphatic carboxylic acids is 1. The van der Waals surface area contributed by atoms with E-state index in [2.05, 4.69) is 10.6 Å². The Morgan fingerprint density at radius 2 is 1.45 bits per heavy atom. The molecule has 9 heteroatoms. The number of carboxylic acid groups (broad SMARTS) is 1. The van der Waals surface area contributed by atoms with Crippen LogP contribution < -0.4 is 10.6 Å². The summed E-state index contributed by atoms with van der Waals surface area (Å²) in [6.45, 7) is -0.122. The van der Waals surface area contributed by atoms with Gasteiger partial charge >= 0.3 is 12.1 Å². The van der Waals surface area contributed by atoms with Crippen LogP contribution in [-0.2, 0) is 20.9 Å². The number of carbonyl (C=O) groups excluding carboxylic acids is 2. The number of carbonyl (C=O) groups is 3. The first-order valence-corrected chi connectivity index (χ1v) is 12.4. The predicted molar refractivity (Wildman–Crippen MR) is 141 cm³/mol. The minimum absolute atomic E-state index is 0.0719. The molecule has 198 valence electrons. The summed E-state index contributed by atoms with van der Waals surface area (Å²) >= 11 is 0. The molecule has 9 nitrogen and oxygen atoms in total. The number of hydrogen-bond acceptors (Lipinski definition) is 6. The van der Waals surface area contributed by atoms with Gasteiger partial charge in [0.05, 0.1) is 6.61 Å². The van der Waals surface area contributed by atoms with Gasteiger partial charge in [-0.15, -0.1) is 0 Å². The van der Waals surface area contributed by atoms with Gasteiger partial charge in [-0.3, -0.25) is 9.69 Å². The number of aliphatic hydroxyl groups is 1. The second-order valence-electron chi connectivity index (χ2n) is 9.29. The molecule has 0 radical (unpaired) electrons. The largest absolute Gasteiger partial charge is 0.480 e. The van der Waals surface area contributed by atoms with Gasteiger partial charge in [0.15, 0.2) is 0 Å². The number of benzene rings is 3. The van der Waals surface area contributed by atoms with Gasteiger partial charge in [0.2, 0.25) is 5.91 Å². The number of fused-ring (bicyclic) bond motifs is 3. The number of hydrogen-bond donors (Lipinski definition) is 4. The SMILES string of the molecule is CN(Cc1ccccc1)CC(NC(=O)OCC1c2ccccc2-c2ccccc21)C(=O)NC(CO)C(=O)O. The molecule has 0 aliphatic heterocycles. The van der Waals surface area contributed by atoms with Crippen molar-refractivity contribution < 1.29 is 29.3 Å². The van der Waals surface area contributed by atoms with Crippen LogP contribution in [0.1, 0.15) is 22.6 Å². The predicted octanol–water partition coefficient (Wildman–Crippen LogP) is 2.59. The lowest BCUT2D eigenvalue weighted by Gasteiger charge is -2.25. The lowest BCUT2D eigenvalue weighted by atomic mass is 9.98. The fraction of sp³-hybridized carbons (Fsp3) is 0.276. The Morgan fingerprint density at radius 1 is 0.868 bits per heavy atom. The van der Waals surface area contributed by atoms with Crippen LogP contribution >= 0.6 is 0 Å². The molecule has 0 heterocycles. The summed E-state index contributed by atoms with van der Waals surface area (Å²) in [4.78, 5) is 39.0. The van der Waals surface area contributed by atoms with Crippen molar-refractivity contribution in [1.29, 1.82) is 0 Å². The Hall–Kier alpha value is -4.21. The normalized spacial score (nSPS) is 13.8. The molecule has 0 saturated carbocycles. The van der Waals surface area contributed by atoms with Crippen LogP contribution in [0.2, 0.25) is 0 Å². The summed E-state index contributed by atoms with van der Waals surface area (Å²) in [6.07, 6.45) is -0.795. The first-order chi connectivity index (χ1) is 18.4. The summed E-state index contributed by atoms with van der Waals surface area (Å²) in [5.41, 5.74) is 5.33. The number of nitrogens with zero attached hydrogens (tertiary/aromatic N) is 1. The molecule has 0 saturated heterocycles. The zero-order chi connectivity index (χ0) is 27.1. The Bertz CT molecular complexity index is 1240. The average molecular weight is 518 g/mol. The molecule has 1 aliphatic rings. The monoisotopic (exact) mass is 517 g/mol. The Labute approximate surface area is 221 Å². The van der Waals surface area contributed by atoms with E-state index in [0.717, 1.165) is 27.8 Å². The number of likely N-dealkylation sites (N-methyl/N-ethyl adjacent to an activating group) is 1. The van der Waals surface area contributed by atoms with E-state index in [1.807, 2.05) is 83.8 Å². The number of carboxylic acids is 1. The topological polar surface area (TPSA) is 128 Å². The summed E-state index contributed by atoms with van der Waals surface area (Å²) in [7, 11) is 1.79. The number of amides is 2. The van der Waals surface area contributed by atoms with Crippen molar-refractivity contribution in [3.05, 3.63) is 95.6 Å². The molecular weight excluding hydrogens is 486 g/mol. The molecule has 0 fully saturated rings. The van der Waals surface area contributed by atoms with E-state index < -0.39 is 36.7 Å². The van der Waals surface area contributed by atoms with Crippen molar-refractivity contribution in [2.75, 3.05) is 26.8 Å². The third-order valence-corrected chi connectivity index (χ3v) is 6.54. The molecular formula is C29H31N3O6. The number of ether oxygens (including phenoxy) is 1. The summed E-state index contributed by atoms with van der Waals surface area (Å²) < 4.78 is 5.58. The average Bonchev–Trinajstić information content (AvgIpc) is 3.24. The van der Waals surface area contributed by atoms with Gasteiger partial charge in [-0.2, -0.15) is 0 Å². The maximum Gasteiger partial charge on any atom is 0.407 e. The Morgan fingerprint density at radius 3 is 2.03 bits per heavy atom. The minimum atomic E-state index is -1.49. The second kappa shape index (κ2) is 12.4. The van der Waals surface area contributed by atoms with Crippen molar-refractivity contribution in [2.24, 2.45) is 0 Å². The van der Waals surface area contributed by atoms with Crippen molar-refractivity contribution in [2.45, 2.75) is 24.5 Å². The van der Waals surface area contributed by atoms with Crippen molar-refractivity contribution in [1.82, 2.24) is 15.5 Å². The van der Waals surface area contributed by atoms with Crippen molar-refractivity contribution >= 4 is 18.0 Å². The highest BCUT2D eigenvalue weighted by atomic mass is 16.5. The zero-order valence-electron chi connectivity index (χ0n) is 21.0. The van der Waals surface area contributed by atoms with Crippen LogP contribution in [0.3, 0.4) is 0 Å². The van der Waals surface area contributed by atoms with Gasteiger partial charge in [-0.25, -0.2) is 9.59 Å². The quantitative estimate of drug-likeness (QED) is 0.308. The Balaban J connectivity index is 1.44. The van der Waals surface area contributed by atoms with Crippen LogP contribution in [0.25, 0.3) is 11.1 Å². The van der Waals surface area contributed by atoms with Crippen LogP contribution in [0, 0.1) is 0 Å². The molecule has 4 rings (SSSR count). The van der Waals surface area contributed by atoms with E-state index in [9.17, 15) is 24.6 Å². The number of alkyl carbamates (subject to hydrolysis) is 1. The molecule has 0 aromatic heterocycles. The van der Waals surface area contributed by atoms with E-state index in [-0.39, 0.29) is 19.1 Å². The maximum absolute atomic E-state index is 12.9. The number of nitrogens with one attached hydrogen (secondary N) is 2. The highest BCUT2D eigenvalue weighted by Crippen LogP contribution is 2.44. The van der Waals surface area contributed by atoms with Gasteiger partial charge in [0.1, 0.15) is 18.7 Å². The minimum Gasteiger partial charge on any atom is -0.480 e. The molecule has 2 amide bonds. The molecule has 2 unspecified atom stereocenters. The molecule has 0 bridgehead atoms. The van der Waals surface area contributed by atoms with Gasteiger partial charge < -0.3 is 25.6 Å². The number of aliphatic hydroxyl groups excluding tert-OH is 1. The lowest BCUT2D eigenvalue weighted by molar-refractivity contribution is -0.143. The molecule has 4 N–H and O–H groups in total. The third-order valence-electron chi connectivity index (χ3n) is 6.54. The van der Waals surface area contributed by atoms with E-state index in [0.29, 0.717) is 6.54 Å². The highest BCUT2D eigenvalue weighted by molar-refractivity contribution is 5.89. The van der Waals surface area contributed by atoms with Crippen LogP contribution in [0.15, 0.2) is 78.9 Å². The van der Waals surface area contributed by atoms with E-state index in [1.165, 1.54) is 0 Å². The van der Waals surface area contributed by atoms with Crippen molar-refractivity contribution in [3.63, 3.8) is 0 Å². The van der Waals surface area contributed by atoms with Crippen LogP contribution in [0.5, 0.6) is 0 Å². The molecule has 2 atom stereocenters. The number of rotatable bonds is 11. The van der Waals surface area contributed by atoms with Gasteiger partial charge in [0, 0.05) is 19.0 Å². The Kier molecular flexibility index (Phi) is 8.73. The first kappa shape index (κ1) is 26.8. The van der Waals surface area contributed by atoms with Crippen molar-refractivity contribution in [3.8, 4) is 11.1 Å². The fourth-order valence-electron chi connectivity index (χ4n) is 4.71. The van der Waals surface area contributed by atoms with E-state index >= 15 is 0 Å². The highest BCUT2D eigenvalue weighted by Gasteiger charge is 2.31. The van der Waals surface area contributed by atoms with E-state index in [1.54, 1.807) is 7.05 Å².